The molecule has 0 aliphatic carbocycles. The number of aromatic nitrogens is 2. The second kappa shape index (κ2) is 11.8. The largest absolute Gasteiger partial charge is 0.497 e. The van der Waals surface area contributed by atoms with Crippen LogP contribution in [-0.2, 0) is 17.8 Å². The van der Waals surface area contributed by atoms with Gasteiger partial charge in [-0.15, -0.1) is 0 Å². The van der Waals surface area contributed by atoms with E-state index in [4.69, 9.17) is 14.9 Å². The Bertz CT molecular complexity index is 1040. The van der Waals surface area contributed by atoms with E-state index in [0.717, 1.165) is 29.2 Å². The molecule has 31 heavy (non-hydrogen) atoms. The van der Waals surface area contributed by atoms with Crippen LogP contribution >= 0.6 is 0 Å². The van der Waals surface area contributed by atoms with Gasteiger partial charge in [0.05, 0.1) is 20.8 Å². The summed E-state index contributed by atoms with van der Waals surface area (Å²) in [5.41, 5.74) is 1.89. The molecule has 0 saturated heterocycles. The van der Waals surface area contributed by atoms with Crippen molar-refractivity contribution in [3.8, 4) is 5.75 Å². The number of methoxy groups -OCH3 is 2. The van der Waals surface area contributed by atoms with Gasteiger partial charge in [-0.3, -0.25) is 14.8 Å². The zero-order valence-electron chi connectivity index (χ0n) is 18.9. The highest BCUT2D eigenvalue weighted by atomic mass is 16.5. The predicted molar refractivity (Wildman–Crippen MR) is 124 cm³/mol. The molecule has 1 aromatic heterocycles. The zero-order valence-corrected chi connectivity index (χ0v) is 18.9. The summed E-state index contributed by atoms with van der Waals surface area (Å²) in [5, 5.41) is 8.77. The summed E-state index contributed by atoms with van der Waals surface area (Å²) in [6.07, 6.45) is 8.97. The van der Waals surface area contributed by atoms with E-state index in [9.17, 15) is 4.79 Å². The first-order valence-electron chi connectivity index (χ1n) is 10.5. The van der Waals surface area contributed by atoms with Crippen LogP contribution in [0.2, 0.25) is 0 Å². The number of benzene rings is 1. The van der Waals surface area contributed by atoms with Crippen molar-refractivity contribution < 1.29 is 9.47 Å². The average molecular weight is 424 g/mol. The molecule has 6 nitrogen and oxygen atoms in total. The highest BCUT2D eigenvalue weighted by molar-refractivity contribution is 5.27. The predicted octanol–water partition coefficient (Wildman–Crippen LogP) is 4.36. The fourth-order valence-electron chi connectivity index (χ4n) is 3.28. The van der Waals surface area contributed by atoms with Gasteiger partial charge in [0, 0.05) is 18.3 Å². The van der Waals surface area contributed by atoms with Gasteiger partial charge in [0.1, 0.15) is 11.5 Å². The second-order valence-corrected chi connectivity index (χ2v) is 7.33. The van der Waals surface area contributed by atoms with Gasteiger partial charge in [-0.05, 0) is 48.6 Å². The lowest BCUT2D eigenvalue weighted by molar-refractivity contribution is 0.306. The SMILES string of the molecule is C=C/C=C(\C=C/CCn1c(C(C)CC)cc(=O)n(Cc2ccc(OC)cc2)c1=N)OC. The van der Waals surface area contributed by atoms with E-state index < -0.39 is 0 Å². The van der Waals surface area contributed by atoms with Crippen LogP contribution in [0.15, 0.2) is 71.8 Å². The lowest BCUT2D eigenvalue weighted by atomic mass is 10.0. The Hall–Kier alpha value is -3.28. The van der Waals surface area contributed by atoms with Crippen molar-refractivity contribution in [1.82, 2.24) is 9.13 Å². The average Bonchev–Trinajstić information content (AvgIpc) is 2.79. The van der Waals surface area contributed by atoms with E-state index >= 15 is 0 Å². The Morgan fingerprint density at radius 3 is 2.52 bits per heavy atom. The topological polar surface area (TPSA) is 69.2 Å². The monoisotopic (exact) mass is 423 g/mol. The lowest BCUT2D eigenvalue weighted by Gasteiger charge is -2.20. The van der Waals surface area contributed by atoms with Crippen LogP contribution in [0.3, 0.4) is 0 Å². The molecule has 0 spiro atoms. The molecule has 2 rings (SSSR count). The van der Waals surface area contributed by atoms with E-state index in [-0.39, 0.29) is 17.1 Å². The van der Waals surface area contributed by atoms with Gasteiger partial charge in [-0.2, -0.15) is 0 Å². The standard InChI is InChI=1S/C25H33N3O3/c1-6-10-21(30-4)11-8-9-16-27-23(19(3)7-2)17-24(29)28(25(27)26)18-20-12-14-22(31-5)15-13-20/h6,8,10-15,17,19,26H,1,7,9,16,18H2,2-5H3/b11-8-,21-10+,26-25?. The molecule has 0 radical (unpaired) electrons. The molecule has 0 aliphatic rings. The van der Waals surface area contributed by atoms with Gasteiger partial charge in [-0.1, -0.05) is 44.7 Å². The molecule has 1 N–H and O–H groups in total. The first-order chi connectivity index (χ1) is 14.9. The van der Waals surface area contributed by atoms with E-state index in [1.54, 1.807) is 32.4 Å². The summed E-state index contributed by atoms with van der Waals surface area (Å²) in [6, 6.07) is 9.23. The fraction of sp³-hybridized carbons (Fsp3) is 0.360. The normalized spacial score (nSPS) is 12.7. The van der Waals surface area contributed by atoms with Crippen molar-refractivity contribution >= 4 is 0 Å². The molecule has 0 aliphatic heterocycles. The van der Waals surface area contributed by atoms with Crippen molar-refractivity contribution in [2.45, 2.75) is 45.7 Å². The highest BCUT2D eigenvalue weighted by Gasteiger charge is 2.14. The number of allylic oxidation sites excluding steroid dienone is 4. The van der Waals surface area contributed by atoms with Crippen molar-refractivity contribution in [3.63, 3.8) is 0 Å². The Kier molecular flexibility index (Phi) is 9.13. The van der Waals surface area contributed by atoms with Gasteiger partial charge in [0.2, 0.25) is 5.62 Å². The van der Waals surface area contributed by atoms with Gasteiger partial charge >= 0.3 is 0 Å². The third-order valence-corrected chi connectivity index (χ3v) is 5.30. The summed E-state index contributed by atoms with van der Waals surface area (Å²) in [5.74, 6) is 1.67. The van der Waals surface area contributed by atoms with E-state index in [1.807, 2.05) is 41.0 Å². The van der Waals surface area contributed by atoms with Crippen LogP contribution in [0, 0.1) is 5.41 Å². The minimum atomic E-state index is -0.154. The molecule has 1 aromatic carbocycles. The van der Waals surface area contributed by atoms with Crippen molar-refractivity contribution in [2.75, 3.05) is 14.2 Å². The molecule has 0 amide bonds. The third kappa shape index (κ3) is 6.35. The van der Waals surface area contributed by atoms with Gasteiger partial charge in [0.25, 0.3) is 5.56 Å². The van der Waals surface area contributed by atoms with Crippen molar-refractivity contribution in [3.05, 3.63) is 94.2 Å². The van der Waals surface area contributed by atoms with Crippen molar-refractivity contribution in [1.29, 1.82) is 5.41 Å². The number of nitrogens with one attached hydrogen (secondary N) is 1. The molecule has 6 heteroatoms. The number of rotatable bonds is 11. The van der Waals surface area contributed by atoms with Crippen molar-refractivity contribution in [2.24, 2.45) is 0 Å². The molecule has 166 valence electrons. The van der Waals surface area contributed by atoms with E-state index in [1.165, 1.54) is 4.57 Å². The molecular weight excluding hydrogens is 390 g/mol. The smallest absolute Gasteiger partial charge is 0.255 e. The summed E-state index contributed by atoms with van der Waals surface area (Å²) < 4.78 is 13.9. The Labute approximate surface area is 184 Å². The van der Waals surface area contributed by atoms with Crippen LogP contribution < -0.4 is 15.9 Å². The van der Waals surface area contributed by atoms with Crippen LogP contribution in [0.4, 0.5) is 0 Å². The molecule has 2 aromatic rings. The lowest BCUT2D eigenvalue weighted by Crippen LogP contribution is -2.42. The Morgan fingerprint density at radius 1 is 1.23 bits per heavy atom. The molecule has 0 bridgehead atoms. The Morgan fingerprint density at radius 2 is 1.94 bits per heavy atom. The first kappa shape index (κ1) is 24.0. The maximum Gasteiger partial charge on any atom is 0.255 e. The second-order valence-electron chi connectivity index (χ2n) is 7.33. The summed E-state index contributed by atoms with van der Waals surface area (Å²) in [4.78, 5) is 12.8. The zero-order chi connectivity index (χ0) is 22.8. The van der Waals surface area contributed by atoms with Gasteiger partial charge < -0.3 is 14.0 Å². The maximum atomic E-state index is 12.8. The first-order valence-corrected chi connectivity index (χ1v) is 10.5. The third-order valence-electron chi connectivity index (χ3n) is 5.30. The minimum Gasteiger partial charge on any atom is -0.497 e. The fourth-order valence-corrected chi connectivity index (χ4v) is 3.28. The summed E-state index contributed by atoms with van der Waals surface area (Å²) >= 11 is 0. The van der Waals surface area contributed by atoms with E-state index in [0.29, 0.717) is 19.5 Å². The quantitative estimate of drug-likeness (QED) is 0.431. The minimum absolute atomic E-state index is 0.154. The number of ether oxygens (including phenoxy) is 2. The Balaban J connectivity index is 2.37. The van der Waals surface area contributed by atoms with Gasteiger partial charge in [0.15, 0.2) is 0 Å². The van der Waals surface area contributed by atoms with Crippen LogP contribution in [-0.4, -0.2) is 23.4 Å². The molecular formula is C25H33N3O3. The number of nitrogens with zero attached hydrogens (tertiary/aromatic N) is 2. The van der Waals surface area contributed by atoms with Gasteiger partial charge in [-0.25, -0.2) is 0 Å². The molecule has 1 heterocycles. The number of hydrogen-bond acceptors (Lipinski definition) is 4. The molecule has 0 fully saturated rings. The molecule has 0 saturated carbocycles. The maximum absolute atomic E-state index is 12.8. The van der Waals surface area contributed by atoms with Crippen LogP contribution in [0.25, 0.3) is 0 Å². The summed E-state index contributed by atoms with van der Waals surface area (Å²) in [6.45, 7) is 8.80. The molecule has 1 atom stereocenters. The molecule has 1 unspecified atom stereocenters. The summed E-state index contributed by atoms with van der Waals surface area (Å²) in [7, 11) is 3.24. The highest BCUT2D eigenvalue weighted by Crippen LogP contribution is 2.17. The number of hydrogen-bond donors (Lipinski definition) is 1. The van der Waals surface area contributed by atoms with Crippen LogP contribution in [0.1, 0.15) is 43.9 Å². The van der Waals surface area contributed by atoms with E-state index in [2.05, 4.69) is 20.4 Å². The van der Waals surface area contributed by atoms with Crippen LogP contribution in [0.5, 0.6) is 5.75 Å².